The zero-order valence-electron chi connectivity index (χ0n) is 15.8. The van der Waals surface area contributed by atoms with Crippen LogP contribution in [0.25, 0.3) is 0 Å². The van der Waals surface area contributed by atoms with Gasteiger partial charge in [0, 0.05) is 49.5 Å². The Morgan fingerprint density at radius 2 is 1.77 bits per heavy atom. The quantitative estimate of drug-likeness (QED) is 0.780. The molecule has 4 aliphatic rings. The maximum atomic E-state index is 13.3. The molecule has 2 saturated carbocycles. The second-order valence-corrected chi connectivity index (χ2v) is 9.87. The molecule has 26 heavy (non-hydrogen) atoms. The van der Waals surface area contributed by atoms with Crippen LogP contribution >= 0.6 is 11.3 Å². The smallest absolute Gasteiger partial charge is 0.225 e. The van der Waals surface area contributed by atoms with E-state index in [9.17, 15) is 4.79 Å². The van der Waals surface area contributed by atoms with Crippen molar-refractivity contribution in [3.8, 4) is 0 Å². The van der Waals surface area contributed by atoms with E-state index in [1.807, 2.05) is 11.3 Å². The molecular formula is C22H32N2OS. The van der Waals surface area contributed by atoms with E-state index in [0.717, 1.165) is 25.4 Å². The number of piperidine rings is 1. The lowest BCUT2D eigenvalue weighted by Crippen LogP contribution is -2.51. The van der Waals surface area contributed by atoms with Crippen molar-refractivity contribution in [2.45, 2.75) is 75.8 Å². The van der Waals surface area contributed by atoms with Gasteiger partial charge in [-0.2, -0.15) is 11.3 Å². The number of amides is 1. The van der Waals surface area contributed by atoms with Crippen LogP contribution in [0.3, 0.4) is 0 Å². The van der Waals surface area contributed by atoms with Gasteiger partial charge in [0.25, 0.3) is 0 Å². The molecular weight excluding hydrogens is 340 g/mol. The number of carbonyl (C=O) groups is 1. The Bertz CT molecular complexity index is 618. The molecule has 0 bridgehead atoms. The van der Waals surface area contributed by atoms with E-state index in [1.165, 1.54) is 63.6 Å². The number of thiophene rings is 1. The number of carbonyl (C=O) groups excluding carboxylic acids is 1. The van der Waals surface area contributed by atoms with E-state index in [2.05, 4.69) is 26.6 Å². The molecule has 3 heterocycles. The van der Waals surface area contributed by atoms with Crippen molar-refractivity contribution < 1.29 is 4.79 Å². The van der Waals surface area contributed by atoms with Crippen LogP contribution in [0.1, 0.15) is 69.3 Å². The Labute approximate surface area is 161 Å². The SMILES string of the molecule is O=C(C1CCCC1)N1C[C@@H](c2ccsc2)[C@@H]2CN(C3CCCC3)CC[C@@H]21. The highest BCUT2D eigenvalue weighted by molar-refractivity contribution is 7.08. The summed E-state index contributed by atoms with van der Waals surface area (Å²) in [6.45, 7) is 3.39. The fourth-order valence-electron chi connectivity index (χ4n) is 6.36. The first kappa shape index (κ1) is 17.2. The van der Waals surface area contributed by atoms with Crippen LogP contribution in [0.4, 0.5) is 0 Å². The highest BCUT2D eigenvalue weighted by Crippen LogP contribution is 2.44. The summed E-state index contributed by atoms with van der Waals surface area (Å²) in [6.07, 6.45) is 11.6. The van der Waals surface area contributed by atoms with Crippen LogP contribution < -0.4 is 0 Å². The van der Waals surface area contributed by atoms with E-state index in [1.54, 1.807) is 0 Å². The Kier molecular flexibility index (Phi) is 4.82. The first-order valence-corrected chi connectivity index (χ1v) is 11.8. The van der Waals surface area contributed by atoms with Gasteiger partial charge in [0.2, 0.25) is 5.91 Å². The lowest BCUT2D eigenvalue weighted by atomic mass is 9.82. The highest BCUT2D eigenvalue weighted by Gasteiger charge is 2.49. The van der Waals surface area contributed by atoms with Gasteiger partial charge in [0.05, 0.1) is 0 Å². The number of fused-ring (bicyclic) bond motifs is 1. The van der Waals surface area contributed by atoms with Crippen molar-refractivity contribution in [3.63, 3.8) is 0 Å². The van der Waals surface area contributed by atoms with Gasteiger partial charge in [-0.05, 0) is 54.5 Å². The summed E-state index contributed by atoms with van der Waals surface area (Å²) in [5.74, 6) is 2.01. The van der Waals surface area contributed by atoms with Crippen molar-refractivity contribution in [3.05, 3.63) is 22.4 Å². The van der Waals surface area contributed by atoms with Crippen LogP contribution in [0.2, 0.25) is 0 Å². The summed E-state index contributed by atoms with van der Waals surface area (Å²) in [5.41, 5.74) is 1.49. The third-order valence-corrected chi connectivity index (χ3v) is 8.46. The van der Waals surface area contributed by atoms with E-state index in [4.69, 9.17) is 0 Å². The molecule has 3 nitrogen and oxygen atoms in total. The lowest BCUT2D eigenvalue weighted by molar-refractivity contribution is -0.137. The molecule has 2 saturated heterocycles. The molecule has 0 radical (unpaired) electrons. The second-order valence-electron chi connectivity index (χ2n) is 9.09. The molecule has 1 aromatic rings. The lowest BCUT2D eigenvalue weighted by Gasteiger charge is -2.42. The summed E-state index contributed by atoms with van der Waals surface area (Å²) >= 11 is 1.81. The Balaban J connectivity index is 1.38. The summed E-state index contributed by atoms with van der Waals surface area (Å²) < 4.78 is 0. The van der Waals surface area contributed by atoms with Crippen molar-refractivity contribution in [1.82, 2.24) is 9.80 Å². The van der Waals surface area contributed by atoms with Gasteiger partial charge >= 0.3 is 0 Å². The average molecular weight is 373 g/mol. The third-order valence-electron chi connectivity index (χ3n) is 7.76. The number of hydrogen-bond donors (Lipinski definition) is 0. The monoisotopic (exact) mass is 372 g/mol. The van der Waals surface area contributed by atoms with Crippen LogP contribution in [0.15, 0.2) is 16.8 Å². The van der Waals surface area contributed by atoms with E-state index >= 15 is 0 Å². The maximum absolute atomic E-state index is 13.3. The summed E-state index contributed by atoms with van der Waals surface area (Å²) in [6, 6.07) is 3.62. The van der Waals surface area contributed by atoms with Gasteiger partial charge in [0.1, 0.15) is 0 Å². The Morgan fingerprint density at radius 3 is 2.50 bits per heavy atom. The molecule has 1 amide bonds. The van der Waals surface area contributed by atoms with Crippen molar-refractivity contribution in [1.29, 1.82) is 0 Å². The van der Waals surface area contributed by atoms with Crippen LogP contribution in [0.5, 0.6) is 0 Å². The van der Waals surface area contributed by atoms with E-state index in [-0.39, 0.29) is 0 Å². The Hall–Kier alpha value is -0.870. The standard InChI is InChI=1S/C22H32N2OS/c25-22(16-5-1-2-6-16)24-14-19(17-10-12-26-15-17)20-13-23(11-9-21(20)24)18-7-3-4-8-18/h10,12,15-16,18-21H,1-9,11,13-14H2/t19-,20-,21-/m0/s1. The molecule has 0 N–H and O–H groups in total. The number of hydrogen-bond acceptors (Lipinski definition) is 3. The second kappa shape index (κ2) is 7.27. The fraction of sp³-hybridized carbons (Fsp3) is 0.773. The minimum atomic E-state index is 0.324. The fourth-order valence-corrected chi connectivity index (χ4v) is 7.09. The van der Waals surface area contributed by atoms with E-state index in [0.29, 0.717) is 29.7 Å². The molecule has 2 aliphatic heterocycles. The van der Waals surface area contributed by atoms with Gasteiger partial charge in [0.15, 0.2) is 0 Å². The van der Waals surface area contributed by atoms with Gasteiger partial charge in [-0.15, -0.1) is 0 Å². The number of rotatable bonds is 3. The molecule has 1 aromatic heterocycles. The zero-order valence-corrected chi connectivity index (χ0v) is 16.6. The molecule has 4 fully saturated rings. The minimum absolute atomic E-state index is 0.324. The average Bonchev–Trinajstić information content (AvgIpc) is 3.48. The van der Waals surface area contributed by atoms with E-state index < -0.39 is 0 Å². The van der Waals surface area contributed by atoms with Crippen LogP contribution in [-0.2, 0) is 4.79 Å². The third kappa shape index (κ3) is 3.03. The van der Waals surface area contributed by atoms with Gasteiger partial charge < -0.3 is 4.90 Å². The predicted octanol–water partition coefficient (Wildman–Crippen LogP) is 4.50. The van der Waals surface area contributed by atoms with Crippen LogP contribution in [0, 0.1) is 11.8 Å². The molecule has 4 heteroatoms. The molecule has 0 aromatic carbocycles. The largest absolute Gasteiger partial charge is 0.338 e. The normalized spacial score (nSPS) is 33.8. The van der Waals surface area contributed by atoms with Gasteiger partial charge in [-0.1, -0.05) is 25.7 Å². The summed E-state index contributed by atoms with van der Waals surface area (Å²) in [4.78, 5) is 18.4. The molecule has 2 aliphatic carbocycles. The molecule has 3 atom stereocenters. The number of nitrogens with zero attached hydrogens (tertiary/aromatic N) is 2. The van der Waals surface area contributed by atoms with Crippen molar-refractivity contribution in [2.24, 2.45) is 11.8 Å². The predicted molar refractivity (Wildman–Crippen MR) is 106 cm³/mol. The first-order chi connectivity index (χ1) is 12.8. The van der Waals surface area contributed by atoms with Crippen molar-refractivity contribution >= 4 is 17.2 Å². The molecule has 142 valence electrons. The van der Waals surface area contributed by atoms with Crippen LogP contribution in [-0.4, -0.2) is 47.4 Å². The zero-order chi connectivity index (χ0) is 17.5. The van der Waals surface area contributed by atoms with Gasteiger partial charge in [-0.25, -0.2) is 0 Å². The summed E-state index contributed by atoms with van der Waals surface area (Å²) in [7, 11) is 0. The topological polar surface area (TPSA) is 23.6 Å². The number of likely N-dealkylation sites (tertiary alicyclic amines) is 2. The van der Waals surface area contributed by atoms with Crippen molar-refractivity contribution in [2.75, 3.05) is 19.6 Å². The minimum Gasteiger partial charge on any atom is -0.338 e. The van der Waals surface area contributed by atoms with Gasteiger partial charge in [-0.3, -0.25) is 9.69 Å². The molecule has 5 rings (SSSR count). The molecule has 0 spiro atoms. The summed E-state index contributed by atoms with van der Waals surface area (Å²) in [5, 5.41) is 4.54. The Morgan fingerprint density at radius 1 is 1.00 bits per heavy atom. The molecule has 0 unspecified atom stereocenters. The maximum Gasteiger partial charge on any atom is 0.225 e. The first-order valence-electron chi connectivity index (χ1n) is 10.9. The highest BCUT2D eigenvalue weighted by atomic mass is 32.1.